The van der Waals surface area contributed by atoms with Gasteiger partial charge in [0.1, 0.15) is 0 Å². The highest BCUT2D eigenvalue weighted by Crippen LogP contribution is 2.55. The van der Waals surface area contributed by atoms with Crippen LogP contribution in [0.25, 0.3) is 0 Å². The molecule has 3 nitrogen and oxygen atoms in total. The summed E-state index contributed by atoms with van der Waals surface area (Å²) in [5, 5.41) is 10.2. The van der Waals surface area contributed by atoms with Crippen LogP contribution < -0.4 is 0 Å². The van der Waals surface area contributed by atoms with E-state index in [1.165, 1.54) is 0 Å². The van der Waals surface area contributed by atoms with E-state index in [1.807, 2.05) is 6.08 Å². The predicted octanol–water partition coefficient (Wildman–Crippen LogP) is 2.02. The Morgan fingerprint density at radius 2 is 1.94 bits per heavy atom. The fourth-order valence-electron chi connectivity index (χ4n) is 3.20. The molecule has 1 aliphatic carbocycles. The van der Waals surface area contributed by atoms with Crippen molar-refractivity contribution in [3.05, 3.63) is 25.3 Å². The van der Waals surface area contributed by atoms with Crippen molar-refractivity contribution in [3.63, 3.8) is 0 Å². The van der Waals surface area contributed by atoms with E-state index >= 15 is 0 Å². The molecule has 90 valence electrons. The standard InChI is InChI=1S/C13H20O3/c1-3-6-12(11(14)4-2)7-5-8-13(12)15-9-10-16-13/h3-4,11,14H,1-2,5-10H2/t11-,12+/m1/s1. The fourth-order valence-corrected chi connectivity index (χ4v) is 3.20. The van der Waals surface area contributed by atoms with Gasteiger partial charge in [-0.3, -0.25) is 0 Å². The topological polar surface area (TPSA) is 38.7 Å². The molecule has 0 bridgehead atoms. The van der Waals surface area contributed by atoms with Gasteiger partial charge in [0.25, 0.3) is 0 Å². The minimum absolute atomic E-state index is 0.396. The third-order valence-electron chi connectivity index (χ3n) is 3.94. The summed E-state index contributed by atoms with van der Waals surface area (Å²) in [5.74, 6) is -0.616. The van der Waals surface area contributed by atoms with Gasteiger partial charge in [0.15, 0.2) is 5.79 Å². The fraction of sp³-hybridized carbons (Fsp3) is 0.692. The summed E-state index contributed by atoms with van der Waals surface area (Å²) in [6, 6.07) is 0. The maximum atomic E-state index is 10.2. The largest absolute Gasteiger partial charge is 0.388 e. The molecule has 0 unspecified atom stereocenters. The highest BCUT2D eigenvalue weighted by molar-refractivity contribution is 5.11. The first-order valence-electron chi connectivity index (χ1n) is 5.90. The van der Waals surface area contributed by atoms with Gasteiger partial charge in [-0.15, -0.1) is 13.2 Å². The summed E-state index contributed by atoms with van der Waals surface area (Å²) in [6.45, 7) is 8.70. The first kappa shape index (κ1) is 11.8. The summed E-state index contributed by atoms with van der Waals surface area (Å²) >= 11 is 0. The smallest absolute Gasteiger partial charge is 0.177 e. The Kier molecular flexibility index (Phi) is 3.19. The van der Waals surface area contributed by atoms with Crippen LogP contribution in [0.15, 0.2) is 25.3 Å². The van der Waals surface area contributed by atoms with Gasteiger partial charge in [0, 0.05) is 6.42 Å². The number of ether oxygens (including phenoxy) is 2. The molecule has 2 atom stereocenters. The van der Waals surface area contributed by atoms with E-state index in [4.69, 9.17) is 9.47 Å². The summed E-state index contributed by atoms with van der Waals surface area (Å²) < 4.78 is 11.6. The van der Waals surface area contributed by atoms with E-state index in [9.17, 15) is 5.11 Å². The average molecular weight is 224 g/mol. The van der Waals surface area contributed by atoms with Gasteiger partial charge in [-0.1, -0.05) is 12.2 Å². The van der Waals surface area contributed by atoms with Gasteiger partial charge in [0.2, 0.25) is 0 Å². The number of hydrogen-bond acceptors (Lipinski definition) is 3. The molecule has 0 aromatic heterocycles. The monoisotopic (exact) mass is 224 g/mol. The number of aliphatic hydroxyl groups is 1. The van der Waals surface area contributed by atoms with Gasteiger partial charge in [-0.2, -0.15) is 0 Å². The third kappa shape index (κ3) is 1.46. The van der Waals surface area contributed by atoms with Crippen molar-refractivity contribution < 1.29 is 14.6 Å². The highest BCUT2D eigenvalue weighted by atomic mass is 16.7. The predicted molar refractivity (Wildman–Crippen MR) is 61.9 cm³/mol. The second-order valence-electron chi connectivity index (χ2n) is 4.63. The van der Waals surface area contributed by atoms with Crippen molar-refractivity contribution in [2.75, 3.05) is 13.2 Å². The second kappa shape index (κ2) is 4.32. The Labute approximate surface area is 96.7 Å². The SMILES string of the molecule is C=CC[C@@]1([C@H](O)C=C)CCCC12OCCO2. The lowest BCUT2D eigenvalue weighted by Gasteiger charge is -2.43. The minimum Gasteiger partial charge on any atom is -0.388 e. The van der Waals surface area contributed by atoms with Crippen LogP contribution >= 0.6 is 0 Å². The molecule has 0 amide bonds. The molecule has 2 aliphatic rings. The maximum absolute atomic E-state index is 10.2. The zero-order valence-electron chi connectivity index (χ0n) is 9.65. The van der Waals surface area contributed by atoms with Gasteiger partial charge in [0.05, 0.1) is 24.7 Å². The lowest BCUT2D eigenvalue weighted by atomic mass is 9.73. The minimum atomic E-state index is -0.616. The normalized spacial score (nSPS) is 34.1. The van der Waals surface area contributed by atoms with E-state index in [1.54, 1.807) is 6.08 Å². The van der Waals surface area contributed by atoms with Crippen LogP contribution in [0.3, 0.4) is 0 Å². The number of rotatable bonds is 4. The quantitative estimate of drug-likeness (QED) is 0.742. The molecule has 1 saturated carbocycles. The van der Waals surface area contributed by atoms with E-state index in [0.717, 1.165) is 19.3 Å². The van der Waals surface area contributed by atoms with Crippen LogP contribution in [-0.2, 0) is 9.47 Å². The van der Waals surface area contributed by atoms with E-state index < -0.39 is 17.3 Å². The first-order chi connectivity index (χ1) is 7.71. The van der Waals surface area contributed by atoms with E-state index in [-0.39, 0.29) is 0 Å². The van der Waals surface area contributed by atoms with Crippen molar-refractivity contribution >= 4 is 0 Å². The molecular weight excluding hydrogens is 204 g/mol. The Morgan fingerprint density at radius 1 is 1.25 bits per heavy atom. The van der Waals surface area contributed by atoms with Gasteiger partial charge in [-0.25, -0.2) is 0 Å². The lowest BCUT2D eigenvalue weighted by molar-refractivity contribution is -0.241. The van der Waals surface area contributed by atoms with Crippen molar-refractivity contribution in [2.24, 2.45) is 5.41 Å². The summed E-state index contributed by atoms with van der Waals surface area (Å²) in [5.41, 5.74) is -0.396. The van der Waals surface area contributed by atoms with Crippen molar-refractivity contribution in [1.29, 1.82) is 0 Å². The van der Waals surface area contributed by atoms with Crippen molar-refractivity contribution in [3.8, 4) is 0 Å². The van der Waals surface area contributed by atoms with Crippen molar-refractivity contribution in [1.82, 2.24) is 0 Å². The van der Waals surface area contributed by atoms with Gasteiger partial charge >= 0.3 is 0 Å². The first-order valence-corrected chi connectivity index (χ1v) is 5.90. The molecule has 2 rings (SSSR count). The number of hydrogen-bond donors (Lipinski definition) is 1. The maximum Gasteiger partial charge on any atom is 0.177 e. The third-order valence-corrected chi connectivity index (χ3v) is 3.94. The molecule has 1 heterocycles. The summed E-state index contributed by atoms with van der Waals surface area (Å²) in [4.78, 5) is 0. The Bertz CT molecular complexity index is 275. The molecule has 3 heteroatoms. The molecule has 0 aromatic rings. The zero-order valence-corrected chi connectivity index (χ0v) is 9.65. The van der Waals surface area contributed by atoms with Crippen LogP contribution in [0.4, 0.5) is 0 Å². The highest BCUT2D eigenvalue weighted by Gasteiger charge is 2.61. The summed E-state index contributed by atoms with van der Waals surface area (Å²) in [7, 11) is 0. The van der Waals surface area contributed by atoms with E-state index in [0.29, 0.717) is 19.6 Å². The molecule has 1 spiro atoms. The Morgan fingerprint density at radius 3 is 2.50 bits per heavy atom. The molecule has 16 heavy (non-hydrogen) atoms. The number of aliphatic hydroxyl groups excluding tert-OH is 1. The number of allylic oxidation sites excluding steroid dienone is 1. The Balaban J connectivity index is 2.35. The molecule has 0 aromatic carbocycles. The zero-order chi connectivity index (χ0) is 11.6. The van der Waals surface area contributed by atoms with Crippen LogP contribution in [-0.4, -0.2) is 30.2 Å². The molecule has 2 fully saturated rings. The second-order valence-corrected chi connectivity index (χ2v) is 4.63. The van der Waals surface area contributed by atoms with Crippen LogP contribution in [0.1, 0.15) is 25.7 Å². The van der Waals surface area contributed by atoms with Gasteiger partial charge in [-0.05, 0) is 19.3 Å². The van der Waals surface area contributed by atoms with Crippen LogP contribution in [0.2, 0.25) is 0 Å². The Hall–Kier alpha value is -0.640. The molecule has 1 N–H and O–H groups in total. The van der Waals surface area contributed by atoms with Crippen molar-refractivity contribution in [2.45, 2.75) is 37.6 Å². The molecule has 1 saturated heterocycles. The van der Waals surface area contributed by atoms with E-state index in [2.05, 4.69) is 13.2 Å². The molecule has 1 aliphatic heterocycles. The average Bonchev–Trinajstić information content (AvgIpc) is 2.89. The van der Waals surface area contributed by atoms with Gasteiger partial charge < -0.3 is 14.6 Å². The summed E-state index contributed by atoms with van der Waals surface area (Å²) in [6.07, 6.45) is 6.27. The molecule has 0 radical (unpaired) electrons. The van der Waals surface area contributed by atoms with Crippen LogP contribution in [0, 0.1) is 5.41 Å². The molecular formula is C13H20O3. The lowest BCUT2D eigenvalue weighted by Crippen LogP contribution is -2.51. The van der Waals surface area contributed by atoms with Crippen LogP contribution in [0.5, 0.6) is 0 Å².